The van der Waals surface area contributed by atoms with Crippen LogP contribution in [0.15, 0.2) is 12.3 Å². The van der Waals surface area contributed by atoms with Crippen LogP contribution in [-0.2, 0) is 14.3 Å². The molecule has 8 heteroatoms. The normalized spacial score (nSPS) is 11.9. The van der Waals surface area contributed by atoms with Gasteiger partial charge >= 0.3 is 12.1 Å². The molecule has 0 radical (unpaired) electrons. The second-order valence-corrected chi connectivity index (χ2v) is 2.98. The number of nitrogens with two attached hydrogens (primary N) is 1. The number of ether oxygens (including phenoxy) is 1. The highest BCUT2D eigenvalue weighted by Gasteiger charge is 2.12. The monoisotopic (exact) mass is 245 g/mol. The van der Waals surface area contributed by atoms with Crippen molar-refractivity contribution in [3.05, 3.63) is 12.3 Å². The van der Waals surface area contributed by atoms with Crippen molar-refractivity contribution in [3.8, 4) is 0 Å². The minimum Gasteiger partial charge on any atom is -0.480 e. The smallest absolute Gasteiger partial charge is 0.412 e. The molecule has 0 aliphatic rings. The van der Waals surface area contributed by atoms with Gasteiger partial charge in [0.15, 0.2) is 0 Å². The molecule has 0 aliphatic heterocycles. The third kappa shape index (κ3) is 7.79. The Kier molecular flexibility index (Phi) is 7.11. The number of aliphatic carboxylic acids is 1. The van der Waals surface area contributed by atoms with E-state index in [4.69, 9.17) is 10.8 Å². The highest BCUT2D eigenvalue weighted by atomic mass is 16.5. The zero-order chi connectivity index (χ0) is 13.3. The molecule has 0 heterocycles. The molecule has 1 atom stereocenters. The van der Waals surface area contributed by atoms with Crippen LogP contribution >= 0.6 is 0 Å². The summed E-state index contributed by atoms with van der Waals surface area (Å²) in [7, 11) is 0. The number of carboxylic acids is 1. The summed E-state index contributed by atoms with van der Waals surface area (Å²) in [6, 6.07) is -1.17. The number of alkyl carbamates (subject to hydrolysis) is 1. The van der Waals surface area contributed by atoms with Crippen molar-refractivity contribution in [2.24, 2.45) is 5.73 Å². The number of amides is 2. The van der Waals surface area contributed by atoms with Crippen molar-refractivity contribution in [2.45, 2.75) is 13.0 Å². The van der Waals surface area contributed by atoms with Crippen molar-refractivity contribution < 1.29 is 24.2 Å². The van der Waals surface area contributed by atoms with Gasteiger partial charge in [-0.1, -0.05) is 6.08 Å². The van der Waals surface area contributed by atoms with Gasteiger partial charge in [-0.2, -0.15) is 0 Å². The molecule has 0 aliphatic carbocycles. The van der Waals surface area contributed by atoms with Gasteiger partial charge in [-0.05, 0) is 6.92 Å². The molecule has 0 spiro atoms. The molecule has 0 saturated heterocycles. The minimum atomic E-state index is -1.22. The highest BCUT2D eigenvalue weighted by Crippen LogP contribution is 1.80. The largest absolute Gasteiger partial charge is 0.480 e. The lowest BCUT2D eigenvalue weighted by atomic mass is 10.3. The van der Waals surface area contributed by atoms with E-state index in [1.165, 1.54) is 6.08 Å². The van der Waals surface area contributed by atoms with Crippen LogP contribution in [0.5, 0.6) is 0 Å². The zero-order valence-electron chi connectivity index (χ0n) is 9.30. The summed E-state index contributed by atoms with van der Waals surface area (Å²) >= 11 is 0. The first-order valence-electron chi connectivity index (χ1n) is 4.78. The van der Waals surface area contributed by atoms with E-state index in [0.717, 1.165) is 6.26 Å². The second-order valence-electron chi connectivity index (χ2n) is 2.98. The maximum atomic E-state index is 11.1. The average Bonchev–Trinajstić information content (AvgIpc) is 2.30. The molecule has 17 heavy (non-hydrogen) atoms. The fraction of sp³-hybridized carbons (Fsp3) is 0.444. The molecule has 0 saturated carbocycles. The lowest BCUT2D eigenvalue weighted by Crippen LogP contribution is -2.45. The van der Waals surface area contributed by atoms with Crippen molar-refractivity contribution in [1.29, 1.82) is 0 Å². The third-order valence-electron chi connectivity index (χ3n) is 1.54. The molecule has 2 amide bonds. The lowest BCUT2D eigenvalue weighted by molar-refractivity contribution is -0.138. The fourth-order valence-corrected chi connectivity index (χ4v) is 0.698. The summed E-state index contributed by atoms with van der Waals surface area (Å²) in [6.07, 6.45) is 1.89. The maximum Gasteiger partial charge on any atom is 0.412 e. The Balaban J connectivity index is 3.73. The zero-order valence-corrected chi connectivity index (χ0v) is 9.30. The molecule has 0 aromatic carbocycles. The molecule has 0 rings (SSSR count). The number of carbonyl (C=O) groups excluding carboxylic acids is 2. The highest BCUT2D eigenvalue weighted by molar-refractivity contribution is 5.83. The first-order chi connectivity index (χ1) is 7.97. The third-order valence-corrected chi connectivity index (χ3v) is 1.54. The summed E-state index contributed by atoms with van der Waals surface area (Å²) in [6.45, 7) is 1.13. The molecule has 0 fully saturated rings. The van der Waals surface area contributed by atoms with Crippen molar-refractivity contribution >= 4 is 18.0 Å². The van der Waals surface area contributed by atoms with E-state index in [0.29, 0.717) is 0 Å². The van der Waals surface area contributed by atoms with Gasteiger partial charge in [0.25, 0.3) is 0 Å². The van der Waals surface area contributed by atoms with E-state index in [9.17, 15) is 14.4 Å². The van der Waals surface area contributed by atoms with Crippen LogP contribution in [-0.4, -0.2) is 42.2 Å². The molecule has 5 N–H and O–H groups in total. The number of hydrogen-bond acceptors (Lipinski definition) is 5. The SMILES string of the molecule is CC=COC(=O)NCC(=O)NC[C@H](N)C(=O)O. The van der Waals surface area contributed by atoms with Crippen LogP contribution in [0.1, 0.15) is 6.92 Å². The van der Waals surface area contributed by atoms with E-state index >= 15 is 0 Å². The maximum absolute atomic E-state index is 11.1. The Hall–Kier alpha value is -2.09. The van der Waals surface area contributed by atoms with Crippen LogP contribution in [0, 0.1) is 0 Å². The fourth-order valence-electron chi connectivity index (χ4n) is 0.698. The van der Waals surface area contributed by atoms with Crippen LogP contribution in [0.25, 0.3) is 0 Å². The number of nitrogens with one attached hydrogen (secondary N) is 2. The van der Waals surface area contributed by atoms with Gasteiger partial charge in [0.05, 0.1) is 6.26 Å². The molecule has 8 nitrogen and oxygen atoms in total. The molecular formula is C9H15N3O5. The van der Waals surface area contributed by atoms with E-state index in [1.807, 2.05) is 0 Å². The molecule has 0 bridgehead atoms. The van der Waals surface area contributed by atoms with Gasteiger partial charge in [0, 0.05) is 6.54 Å². The summed E-state index contributed by atoms with van der Waals surface area (Å²) < 4.78 is 4.48. The molecular weight excluding hydrogens is 230 g/mol. The predicted molar refractivity (Wildman–Crippen MR) is 57.9 cm³/mol. The number of carbonyl (C=O) groups is 3. The lowest BCUT2D eigenvalue weighted by Gasteiger charge is -2.08. The van der Waals surface area contributed by atoms with Gasteiger partial charge < -0.3 is 26.2 Å². The van der Waals surface area contributed by atoms with Gasteiger partial charge in [-0.3, -0.25) is 9.59 Å². The van der Waals surface area contributed by atoms with E-state index < -0.39 is 24.0 Å². The van der Waals surface area contributed by atoms with Gasteiger partial charge in [-0.25, -0.2) is 4.79 Å². The number of allylic oxidation sites excluding steroid dienone is 1. The van der Waals surface area contributed by atoms with Crippen LogP contribution in [0.2, 0.25) is 0 Å². The van der Waals surface area contributed by atoms with Gasteiger partial charge in [0.2, 0.25) is 5.91 Å². The Bertz CT molecular complexity index is 316. The van der Waals surface area contributed by atoms with Crippen LogP contribution in [0.4, 0.5) is 4.79 Å². The Morgan fingerprint density at radius 2 is 2.06 bits per heavy atom. The summed E-state index contributed by atoms with van der Waals surface area (Å²) in [5, 5.41) is 12.8. The topological polar surface area (TPSA) is 131 Å². The number of rotatable bonds is 6. The van der Waals surface area contributed by atoms with Crippen molar-refractivity contribution in [2.75, 3.05) is 13.1 Å². The standard InChI is InChI=1S/C9H15N3O5/c1-2-3-17-9(16)12-5-7(13)11-4-6(10)8(14)15/h2-3,6H,4-5,10H2,1H3,(H,11,13)(H,12,16)(H,14,15)/t6-/m0/s1. The molecule has 0 unspecified atom stereocenters. The average molecular weight is 245 g/mol. The van der Waals surface area contributed by atoms with Gasteiger partial charge in [0.1, 0.15) is 12.6 Å². The van der Waals surface area contributed by atoms with Crippen LogP contribution < -0.4 is 16.4 Å². The van der Waals surface area contributed by atoms with Crippen molar-refractivity contribution in [1.82, 2.24) is 10.6 Å². The minimum absolute atomic E-state index is 0.209. The first-order valence-corrected chi connectivity index (χ1v) is 4.78. The number of hydrogen-bond donors (Lipinski definition) is 4. The second kappa shape index (κ2) is 8.11. The van der Waals surface area contributed by atoms with E-state index in [2.05, 4.69) is 15.4 Å². The quantitative estimate of drug-likeness (QED) is 0.433. The van der Waals surface area contributed by atoms with E-state index in [1.54, 1.807) is 6.92 Å². The van der Waals surface area contributed by atoms with Crippen molar-refractivity contribution in [3.63, 3.8) is 0 Å². The molecule has 96 valence electrons. The summed E-state index contributed by atoms with van der Waals surface area (Å²) in [5.74, 6) is -1.77. The summed E-state index contributed by atoms with van der Waals surface area (Å²) in [5.41, 5.74) is 5.15. The van der Waals surface area contributed by atoms with Gasteiger partial charge in [-0.15, -0.1) is 0 Å². The van der Waals surface area contributed by atoms with E-state index in [-0.39, 0.29) is 13.1 Å². The Morgan fingerprint density at radius 1 is 1.41 bits per heavy atom. The molecule has 0 aromatic heterocycles. The Labute approximate surface area is 97.8 Å². The Morgan fingerprint density at radius 3 is 2.59 bits per heavy atom. The first kappa shape index (κ1) is 14.9. The molecule has 0 aromatic rings. The van der Waals surface area contributed by atoms with Crippen LogP contribution in [0.3, 0.4) is 0 Å². The predicted octanol–water partition coefficient (Wildman–Crippen LogP) is -1.23. The summed E-state index contributed by atoms with van der Waals surface area (Å²) in [4.78, 5) is 32.3. The number of carboxylic acid groups (broad SMARTS) is 1.